The molecule has 0 aromatic carbocycles. The molecule has 0 bridgehead atoms. The molecule has 3 heteroatoms. The van der Waals surface area contributed by atoms with Crippen molar-refractivity contribution in [3.8, 4) is 0 Å². The first-order valence-electron chi connectivity index (χ1n) is 9.81. The number of quaternary nitrogens is 1. The second-order valence-electron chi connectivity index (χ2n) is 6.90. The fourth-order valence-electron chi connectivity index (χ4n) is 3.54. The van der Waals surface area contributed by atoms with Crippen LogP contribution in [0.5, 0.6) is 0 Å². The number of nitrogens with zero attached hydrogens (tertiary/aromatic N) is 1. The summed E-state index contributed by atoms with van der Waals surface area (Å²) in [6, 6.07) is 0. The summed E-state index contributed by atoms with van der Waals surface area (Å²) in [5.74, 6) is 0. The lowest BCUT2D eigenvalue weighted by molar-refractivity contribution is -0.942. The maximum absolute atomic E-state index is 10.1. The molecular weight excluding hydrogens is 284 g/mol. The first kappa shape index (κ1) is 20.2. The van der Waals surface area contributed by atoms with Crippen molar-refractivity contribution in [1.29, 1.82) is 0 Å². The minimum absolute atomic E-state index is 0.309. The van der Waals surface area contributed by atoms with Gasteiger partial charge in [-0.3, -0.25) is 4.48 Å². The molecule has 3 atom stereocenters. The normalized spacial score (nSPS) is 25.1. The SMILES string of the molecule is CCCCCCCCC/C=C/CCC1NC=C[N+]1(CC)C(C)O. The lowest BCUT2D eigenvalue weighted by atomic mass is 10.1. The van der Waals surface area contributed by atoms with Crippen molar-refractivity contribution in [3.05, 3.63) is 24.6 Å². The summed E-state index contributed by atoms with van der Waals surface area (Å²) in [5, 5.41) is 13.5. The van der Waals surface area contributed by atoms with Gasteiger partial charge in [0.05, 0.1) is 12.7 Å². The summed E-state index contributed by atoms with van der Waals surface area (Å²) >= 11 is 0. The quantitative estimate of drug-likeness (QED) is 0.283. The van der Waals surface area contributed by atoms with Crippen molar-refractivity contribution < 1.29 is 9.59 Å². The van der Waals surface area contributed by atoms with Crippen LogP contribution in [0.4, 0.5) is 0 Å². The van der Waals surface area contributed by atoms with E-state index in [4.69, 9.17) is 0 Å². The minimum atomic E-state index is -0.354. The van der Waals surface area contributed by atoms with Crippen molar-refractivity contribution in [3.63, 3.8) is 0 Å². The van der Waals surface area contributed by atoms with E-state index >= 15 is 0 Å². The molecule has 0 radical (unpaired) electrons. The molecule has 1 aliphatic heterocycles. The van der Waals surface area contributed by atoms with E-state index in [1.54, 1.807) is 0 Å². The average Bonchev–Trinajstić information content (AvgIpc) is 2.97. The molecular formula is C20H39N2O+. The number of aliphatic hydroxyl groups excluding tert-OH is 1. The van der Waals surface area contributed by atoms with Gasteiger partial charge in [0.25, 0.3) is 0 Å². The summed E-state index contributed by atoms with van der Waals surface area (Å²) < 4.78 is 0.644. The molecule has 0 amide bonds. The van der Waals surface area contributed by atoms with Gasteiger partial charge in [-0.05, 0) is 26.2 Å². The zero-order valence-corrected chi connectivity index (χ0v) is 15.6. The van der Waals surface area contributed by atoms with E-state index < -0.39 is 0 Å². The Labute approximate surface area is 144 Å². The minimum Gasteiger partial charge on any atom is -0.345 e. The van der Waals surface area contributed by atoms with Crippen molar-refractivity contribution >= 4 is 0 Å². The molecule has 0 spiro atoms. The molecule has 134 valence electrons. The van der Waals surface area contributed by atoms with Crippen LogP contribution in [0.25, 0.3) is 0 Å². The molecule has 2 N–H and O–H groups in total. The van der Waals surface area contributed by atoms with Gasteiger partial charge < -0.3 is 10.4 Å². The number of rotatable bonds is 13. The number of unbranched alkanes of at least 4 members (excludes halogenated alkanes) is 7. The summed E-state index contributed by atoms with van der Waals surface area (Å²) in [6.45, 7) is 7.23. The van der Waals surface area contributed by atoms with Gasteiger partial charge in [0.1, 0.15) is 6.20 Å². The summed E-state index contributed by atoms with van der Waals surface area (Å²) in [6.07, 6.45) is 21.8. The Morgan fingerprint density at radius 1 is 1.04 bits per heavy atom. The van der Waals surface area contributed by atoms with Crippen LogP contribution in [-0.4, -0.2) is 28.5 Å². The van der Waals surface area contributed by atoms with Gasteiger partial charge in [-0.25, -0.2) is 0 Å². The molecule has 0 aromatic rings. The van der Waals surface area contributed by atoms with E-state index in [2.05, 4.69) is 37.5 Å². The van der Waals surface area contributed by atoms with Gasteiger partial charge in [-0.2, -0.15) is 0 Å². The second kappa shape index (κ2) is 11.7. The maximum Gasteiger partial charge on any atom is 0.193 e. The molecule has 0 saturated carbocycles. The van der Waals surface area contributed by atoms with Crippen molar-refractivity contribution in [1.82, 2.24) is 5.32 Å². The highest BCUT2D eigenvalue weighted by atomic mass is 16.3. The third-order valence-electron chi connectivity index (χ3n) is 5.21. The Morgan fingerprint density at radius 3 is 2.35 bits per heavy atom. The molecule has 1 rings (SSSR count). The predicted octanol–water partition coefficient (Wildman–Crippen LogP) is 5.04. The van der Waals surface area contributed by atoms with Crippen LogP contribution in [-0.2, 0) is 0 Å². The highest BCUT2D eigenvalue weighted by molar-refractivity contribution is 4.88. The van der Waals surface area contributed by atoms with Crippen LogP contribution >= 0.6 is 0 Å². The number of aliphatic hydroxyl groups is 1. The van der Waals surface area contributed by atoms with Crippen molar-refractivity contribution in [2.45, 2.75) is 97.4 Å². The van der Waals surface area contributed by atoms with E-state index in [0.29, 0.717) is 10.6 Å². The topological polar surface area (TPSA) is 32.3 Å². The molecule has 0 fully saturated rings. The van der Waals surface area contributed by atoms with Gasteiger partial charge in [-0.1, -0.05) is 57.6 Å². The van der Waals surface area contributed by atoms with Crippen molar-refractivity contribution in [2.75, 3.05) is 6.54 Å². The molecule has 1 heterocycles. The van der Waals surface area contributed by atoms with E-state index in [-0.39, 0.29) is 6.23 Å². The van der Waals surface area contributed by atoms with Crippen LogP contribution < -0.4 is 5.32 Å². The zero-order valence-electron chi connectivity index (χ0n) is 15.6. The third-order valence-corrected chi connectivity index (χ3v) is 5.21. The lowest BCUT2D eigenvalue weighted by Gasteiger charge is -2.39. The Morgan fingerprint density at radius 2 is 1.70 bits per heavy atom. The molecule has 0 saturated heterocycles. The molecule has 23 heavy (non-hydrogen) atoms. The van der Waals surface area contributed by atoms with E-state index in [1.165, 1.54) is 51.4 Å². The number of hydrogen-bond acceptors (Lipinski definition) is 2. The fourth-order valence-corrected chi connectivity index (χ4v) is 3.54. The largest absolute Gasteiger partial charge is 0.345 e. The van der Waals surface area contributed by atoms with Crippen molar-refractivity contribution in [2.24, 2.45) is 0 Å². The molecule has 0 aromatic heterocycles. The summed E-state index contributed by atoms with van der Waals surface area (Å²) in [5.41, 5.74) is 0. The van der Waals surface area contributed by atoms with E-state index in [0.717, 1.165) is 19.4 Å². The lowest BCUT2D eigenvalue weighted by Crippen LogP contribution is -2.57. The Bertz CT molecular complexity index is 352. The Hall–Kier alpha value is -0.800. The summed E-state index contributed by atoms with van der Waals surface area (Å²) in [4.78, 5) is 0. The van der Waals surface area contributed by atoms with Crippen LogP contribution in [0.2, 0.25) is 0 Å². The van der Waals surface area contributed by atoms with Crippen LogP contribution in [0, 0.1) is 0 Å². The summed E-state index contributed by atoms with van der Waals surface area (Å²) in [7, 11) is 0. The van der Waals surface area contributed by atoms with Gasteiger partial charge in [0.15, 0.2) is 12.4 Å². The van der Waals surface area contributed by atoms with E-state index in [1.807, 2.05) is 13.1 Å². The van der Waals surface area contributed by atoms with Gasteiger partial charge in [-0.15, -0.1) is 0 Å². The highest BCUT2D eigenvalue weighted by Crippen LogP contribution is 2.25. The van der Waals surface area contributed by atoms with Crippen LogP contribution in [0.15, 0.2) is 24.6 Å². The first-order chi connectivity index (χ1) is 11.2. The van der Waals surface area contributed by atoms with Crippen LogP contribution in [0.3, 0.4) is 0 Å². The molecule has 3 unspecified atom stereocenters. The van der Waals surface area contributed by atoms with Gasteiger partial charge >= 0.3 is 0 Å². The number of hydrogen-bond donors (Lipinski definition) is 2. The van der Waals surface area contributed by atoms with E-state index in [9.17, 15) is 5.11 Å². The standard InChI is InChI=1S/C20H39N2O/c1-4-6-7-8-9-10-11-12-13-14-15-16-20-21-17-18-22(20,5-2)19(3)23/h13-14,17-21,23H,4-12,15-16H2,1-3H3/q+1/b14-13+. The zero-order chi connectivity index (χ0) is 17.0. The third kappa shape index (κ3) is 6.68. The monoisotopic (exact) mass is 323 g/mol. The number of allylic oxidation sites excluding steroid dienone is 2. The molecule has 1 aliphatic rings. The Kier molecular flexibility index (Phi) is 10.3. The maximum atomic E-state index is 10.1. The molecule has 3 nitrogen and oxygen atoms in total. The van der Waals surface area contributed by atoms with Gasteiger partial charge in [0.2, 0.25) is 0 Å². The smallest absolute Gasteiger partial charge is 0.193 e. The highest BCUT2D eigenvalue weighted by Gasteiger charge is 2.40. The average molecular weight is 324 g/mol. The fraction of sp³-hybridized carbons (Fsp3) is 0.800. The second-order valence-corrected chi connectivity index (χ2v) is 6.90. The molecule has 0 aliphatic carbocycles. The number of nitrogens with one attached hydrogen (secondary N) is 1. The van der Waals surface area contributed by atoms with Crippen LogP contribution in [0.1, 0.15) is 85.0 Å². The van der Waals surface area contributed by atoms with Gasteiger partial charge in [0, 0.05) is 13.3 Å². The predicted molar refractivity (Wildman–Crippen MR) is 99.5 cm³/mol. The first-order valence-corrected chi connectivity index (χ1v) is 9.81. The Balaban J connectivity index is 2.10.